The quantitative estimate of drug-likeness (QED) is 0.211. The van der Waals surface area contributed by atoms with E-state index in [1.54, 1.807) is 44.2 Å². The molecule has 0 aliphatic rings. The molecule has 2 amide bonds. The van der Waals surface area contributed by atoms with E-state index >= 15 is 0 Å². The van der Waals surface area contributed by atoms with E-state index in [-0.39, 0.29) is 29.2 Å². The van der Waals surface area contributed by atoms with Gasteiger partial charge in [-0.05, 0) is 31.9 Å². The number of hydrogen-bond donors (Lipinski definition) is 2. The van der Waals surface area contributed by atoms with Gasteiger partial charge in [0.1, 0.15) is 23.1 Å². The molecule has 5 aromatic rings. The maximum absolute atomic E-state index is 13.6. The van der Waals surface area contributed by atoms with E-state index < -0.39 is 41.3 Å². The Morgan fingerprint density at radius 1 is 1.04 bits per heavy atom. The Balaban J connectivity index is 1.39. The number of carbonyl (C=O) groups excluding carboxylic acids is 3. The number of nitrogens with zero attached hydrogens (tertiary/aromatic N) is 5. The summed E-state index contributed by atoms with van der Waals surface area (Å²) >= 11 is 1.50. The number of amides is 2. The summed E-state index contributed by atoms with van der Waals surface area (Å²) in [5.41, 5.74) is -0.231. The van der Waals surface area contributed by atoms with Gasteiger partial charge in [0, 0.05) is 5.56 Å². The van der Waals surface area contributed by atoms with E-state index in [9.17, 15) is 19.2 Å². The van der Waals surface area contributed by atoms with E-state index in [2.05, 4.69) is 30.6 Å². The average Bonchev–Trinajstić information content (AvgIpc) is 3.71. The molecule has 5 rings (SSSR count). The number of nitrogens with one attached hydrogen (secondary N) is 2. The number of rotatable bonds is 10. The molecule has 0 saturated carbocycles. The molecule has 0 fully saturated rings. The summed E-state index contributed by atoms with van der Waals surface area (Å²) in [5.74, 6) is -1.45. The third-order valence-electron chi connectivity index (χ3n) is 7.07. The van der Waals surface area contributed by atoms with Crippen molar-refractivity contribution in [1.82, 2.24) is 30.0 Å². The van der Waals surface area contributed by atoms with Crippen LogP contribution in [0.25, 0.3) is 21.6 Å². The Hall–Kier alpha value is -5.24. The van der Waals surface area contributed by atoms with Gasteiger partial charge in [0.2, 0.25) is 17.6 Å². The number of ether oxygens (including phenoxy) is 1. The van der Waals surface area contributed by atoms with Crippen molar-refractivity contribution in [3.8, 4) is 11.4 Å². The topological polar surface area (TPSA) is 171 Å². The lowest BCUT2D eigenvalue weighted by Crippen LogP contribution is -2.46. The van der Waals surface area contributed by atoms with Gasteiger partial charge in [0.05, 0.1) is 35.0 Å². The fraction of sp³-hybridized carbons (Fsp3) is 0.290. The first-order valence-electron chi connectivity index (χ1n) is 14.0. The highest BCUT2D eigenvalue weighted by Gasteiger charge is 2.36. The van der Waals surface area contributed by atoms with Gasteiger partial charge >= 0.3 is 6.09 Å². The second-order valence-electron chi connectivity index (χ2n) is 11.0. The third-order valence-corrected chi connectivity index (χ3v) is 8.43. The van der Waals surface area contributed by atoms with Crippen molar-refractivity contribution in [3.05, 3.63) is 87.9 Å². The molecule has 1 unspecified atom stereocenters. The second kappa shape index (κ2) is 12.8. The number of anilines is 1. The molecule has 2 aromatic carbocycles. The molecule has 0 radical (unpaired) electrons. The van der Waals surface area contributed by atoms with Crippen LogP contribution in [0.1, 0.15) is 49.3 Å². The van der Waals surface area contributed by atoms with Crippen LogP contribution in [0, 0.1) is 5.92 Å². The number of fused-ring (bicyclic) bond motifs is 1. The van der Waals surface area contributed by atoms with Crippen LogP contribution in [0.15, 0.2) is 70.0 Å². The maximum atomic E-state index is 13.6. The summed E-state index contributed by atoms with van der Waals surface area (Å²) < 4.78 is 12.6. The lowest BCUT2D eigenvalue weighted by atomic mass is 9.94. The van der Waals surface area contributed by atoms with E-state index in [4.69, 9.17) is 9.40 Å². The number of methoxy groups -OCH3 is 1. The van der Waals surface area contributed by atoms with Crippen LogP contribution in [-0.2, 0) is 21.5 Å². The third kappa shape index (κ3) is 6.50. The number of hydrogen-bond acceptors (Lipinski definition) is 11. The molecular weight excluding hydrogens is 598 g/mol. The van der Waals surface area contributed by atoms with E-state index in [0.717, 1.165) is 26.9 Å². The summed E-state index contributed by atoms with van der Waals surface area (Å²) in [5, 5.41) is 13.9. The van der Waals surface area contributed by atoms with Gasteiger partial charge in [-0.15, -0.1) is 21.5 Å². The lowest BCUT2D eigenvalue weighted by Gasteiger charge is -2.21. The first kappa shape index (κ1) is 31.2. The van der Waals surface area contributed by atoms with Gasteiger partial charge in [-0.1, -0.05) is 56.3 Å². The predicted molar refractivity (Wildman–Crippen MR) is 167 cm³/mol. The smallest absolute Gasteiger partial charge is 0.411 e. The normalized spacial score (nSPS) is 12.2. The number of ketones is 1. The number of carbonyl (C=O) groups is 3. The molecule has 3 heterocycles. The summed E-state index contributed by atoms with van der Waals surface area (Å²) in [6, 6.07) is 15.5. The van der Waals surface area contributed by atoms with Crippen LogP contribution in [0.3, 0.4) is 0 Å². The first-order chi connectivity index (χ1) is 21.5. The average molecular weight is 630 g/mol. The first-order valence-corrected chi connectivity index (χ1v) is 14.8. The number of thiazole rings is 1. The molecule has 3 aromatic heterocycles. The van der Waals surface area contributed by atoms with Gasteiger partial charge < -0.3 is 14.5 Å². The van der Waals surface area contributed by atoms with Gasteiger partial charge in [-0.3, -0.25) is 24.3 Å². The van der Waals surface area contributed by atoms with Crippen LogP contribution in [0.4, 0.5) is 10.5 Å². The van der Waals surface area contributed by atoms with Crippen molar-refractivity contribution >= 4 is 45.0 Å². The maximum Gasteiger partial charge on any atom is 0.411 e. The minimum atomic E-state index is -1.04. The van der Waals surface area contributed by atoms with Crippen LogP contribution in [-0.4, -0.2) is 55.7 Å². The summed E-state index contributed by atoms with van der Waals surface area (Å²) in [7, 11) is 1.16. The fourth-order valence-electron chi connectivity index (χ4n) is 4.54. The van der Waals surface area contributed by atoms with Crippen molar-refractivity contribution in [2.24, 2.45) is 5.92 Å². The zero-order valence-corrected chi connectivity index (χ0v) is 26.0. The molecule has 45 heavy (non-hydrogen) atoms. The van der Waals surface area contributed by atoms with E-state index in [1.165, 1.54) is 17.5 Å². The lowest BCUT2D eigenvalue weighted by molar-refractivity contribution is -0.122. The fourth-order valence-corrected chi connectivity index (χ4v) is 5.60. The number of benzene rings is 2. The van der Waals surface area contributed by atoms with Crippen LogP contribution in [0.5, 0.6) is 0 Å². The highest BCUT2D eigenvalue weighted by molar-refractivity contribution is 7.18. The van der Waals surface area contributed by atoms with E-state index in [0.29, 0.717) is 5.56 Å². The van der Waals surface area contributed by atoms with Gasteiger partial charge in [-0.2, -0.15) is 0 Å². The number of para-hydroxylation sites is 1. The van der Waals surface area contributed by atoms with Crippen molar-refractivity contribution in [1.29, 1.82) is 0 Å². The molecule has 232 valence electrons. The number of aromatic nitrogens is 5. The van der Waals surface area contributed by atoms with Crippen molar-refractivity contribution in [2.75, 3.05) is 12.4 Å². The predicted octanol–water partition coefficient (Wildman–Crippen LogP) is 4.43. The minimum absolute atomic E-state index is 0.181. The second-order valence-corrected chi connectivity index (χ2v) is 12.1. The Morgan fingerprint density at radius 3 is 2.44 bits per heavy atom. The monoisotopic (exact) mass is 629 g/mol. The van der Waals surface area contributed by atoms with Gasteiger partial charge in [0.25, 0.3) is 11.4 Å². The van der Waals surface area contributed by atoms with Crippen molar-refractivity contribution < 1.29 is 23.5 Å². The molecular formula is C31H31N7O6S. The highest BCUT2D eigenvalue weighted by atomic mass is 32.1. The minimum Gasteiger partial charge on any atom is -0.453 e. The molecule has 0 aliphatic heterocycles. The summed E-state index contributed by atoms with van der Waals surface area (Å²) in [4.78, 5) is 61.2. The molecule has 0 aliphatic carbocycles. The summed E-state index contributed by atoms with van der Waals surface area (Å²) in [6.07, 6.45) is 0.326. The van der Waals surface area contributed by atoms with Gasteiger partial charge in [0.15, 0.2) is 0 Å². The molecule has 1 atom stereocenters. The largest absolute Gasteiger partial charge is 0.453 e. The molecule has 0 bridgehead atoms. The van der Waals surface area contributed by atoms with Crippen LogP contribution >= 0.6 is 11.3 Å². The standard InChI is InChI=1S/C31H31N7O6S/c1-17(2)23(24(40)26-36-37-28(44-26)31(3,4)29-33-19-13-9-10-14-21(19)45-29)35-22(39)16-38-25(18-11-7-6-8-12-18)32-15-20(27(38)41)34-30(42)43-5/h6-15,17,23H,16H2,1-5H3,(H,34,42)(H,35,39). The zero-order valence-electron chi connectivity index (χ0n) is 25.2. The van der Waals surface area contributed by atoms with Crippen LogP contribution in [0.2, 0.25) is 0 Å². The Kier molecular flexibility index (Phi) is 8.86. The highest BCUT2D eigenvalue weighted by Crippen LogP contribution is 2.36. The zero-order chi connectivity index (χ0) is 32.3. The van der Waals surface area contributed by atoms with Crippen LogP contribution < -0.4 is 16.2 Å². The Morgan fingerprint density at radius 2 is 1.76 bits per heavy atom. The SMILES string of the molecule is COC(=O)Nc1cnc(-c2ccccc2)n(CC(=O)NC(C(=O)c2nnc(C(C)(C)c3nc4ccccc4s3)o2)C(C)C)c1=O. The van der Waals surface area contributed by atoms with Gasteiger partial charge in [-0.25, -0.2) is 14.8 Å². The molecule has 14 heteroatoms. The molecule has 13 nitrogen and oxygen atoms in total. The number of Topliss-reactive ketones (excluding diaryl/α,β-unsaturated/α-hetero) is 1. The Labute approximate surface area is 261 Å². The summed E-state index contributed by atoms with van der Waals surface area (Å²) in [6.45, 7) is 6.79. The van der Waals surface area contributed by atoms with Crippen molar-refractivity contribution in [3.63, 3.8) is 0 Å². The molecule has 0 saturated heterocycles. The molecule has 2 N–H and O–H groups in total. The molecule has 0 spiro atoms. The Bertz CT molecular complexity index is 1900. The van der Waals surface area contributed by atoms with E-state index in [1.807, 2.05) is 38.1 Å². The van der Waals surface area contributed by atoms with Crippen molar-refractivity contribution in [2.45, 2.75) is 45.7 Å².